The van der Waals surface area contributed by atoms with Crippen LogP contribution in [0.5, 0.6) is 0 Å². The van der Waals surface area contributed by atoms with Gasteiger partial charge in [-0.25, -0.2) is 4.98 Å². The first-order valence-electron chi connectivity index (χ1n) is 6.45. The monoisotopic (exact) mass is 387 g/mol. The number of hydrogen-bond donors (Lipinski definition) is 2. The molecule has 0 radical (unpaired) electrons. The van der Waals surface area contributed by atoms with Crippen LogP contribution in [0.1, 0.15) is 26.5 Å². The second-order valence-corrected chi connectivity index (χ2v) is 5.59. The van der Waals surface area contributed by atoms with Gasteiger partial charge in [0.05, 0.1) is 5.69 Å². The van der Waals surface area contributed by atoms with E-state index in [1.165, 1.54) is 0 Å². The van der Waals surface area contributed by atoms with Gasteiger partial charge in [0, 0.05) is 30.9 Å². The van der Waals surface area contributed by atoms with Crippen molar-refractivity contribution in [1.82, 2.24) is 14.7 Å². The quantitative estimate of drug-likeness (QED) is 0.482. The average molecular weight is 387 g/mol. The zero-order chi connectivity index (χ0) is 13.9. The van der Waals surface area contributed by atoms with E-state index in [9.17, 15) is 0 Å². The van der Waals surface area contributed by atoms with Gasteiger partial charge in [-0.3, -0.25) is 4.99 Å². The molecule has 0 aliphatic rings. The minimum absolute atomic E-state index is 0. The molecule has 110 valence electrons. The zero-order valence-electron chi connectivity index (χ0n) is 12.1. The van der Waals surface area contributed by atoms with Crippen LogP contribution >= 0.6 is 24.0 Å². The summed E-state index contributed by atoms with van der Waals surface area (Å²) in [6, 6.07) is 5.96. The Morgan fingerprint density at radius 2 is 2.15 bits per heavy atom. The smallest absolute Gasteiger partial charge is 0.188 e. The molecule has 0 saturated carbocycles. The number of pyridine rings is 1. The van der Waals surface area contributed by atoms with Gasteiger partial charge < -0.3 is 15.5 Å². The molecule has 0 spiro atoms. The summed E-state index contributed by atoms with van der Waals surface area (Å²) in [5.74, 6) is 0.483. The molecule has 2 aromatic rings. The molecule has 0 amide bonds. The van der Waals surface area contributed by atoms with E-state index in [-0.39, 0.29) is 29.5 Å². The Morgan fingerprint density at radius 1 is 1.40 bits per heavy atom. The van der Waals surface area contributed by atoms with Gasteiger partial charge in [0.2, 0.25) is 0 Å². The van der Waals surface area contributed by atoms with Gasteiger partial charge in [-0.15, -0.1) is 24.0 Å². The molecule has 6 heteroatoms. The molecule has 0 aromatic carbocycles. The number of nitrogens with one attached hydrogen (secondary N) is 1. The lowest BCUT2D eigenvalue weighted by molar-refractivity contribution is 0.508. The molecule has 0 aliphatic carbocycles. The summed E-state index contributed by atoms with van der Waals surface area (Å²) in [5.41, 5.74) is 7.74. The normalized spacial score (nSPS) is 12.2. The lowest BCUT2D eigenvalue weighted by Crippen LogP contribution is -2.45. The number of halogens is 1. The van der Waals surface area contributed by atoms with Gasteiger partial charge in [0.25, 0.3) is 0 Å². The molecule has 0 fully saturated rings. The maximum absolute atomic E-state index is 5.81. The number of aliphatic imine (C=N–C) groups is 1. The number of hydrogen-bond acceptors (Lipinski definition) is 2. The van der Waals surface area contributed by atoms with Gasteiger partial charge in [-0.05, 0) is 32.9 Å². The van der Waals surface area contributed by atoms with Gasteiger partial charge in [0.15, 0.2) is 5.96 Å². The molecule has 0 bridgehead atoms. The van der Waals surface area contributed by atoms with Crippen LogP contribution in [0.4, 0.5) is 0 Å². The third-order valence-corrected chi connectivity index (χ3v) is 2.57. The van der Waals surface area contributed by atoms with E-state index >= 15 is 0 Å². The molecule has 20 heavy (non-hydrogen) atoms. The Bertz CT molecular complexity index is 550. The number of guanidine groups is 1. The van der Waals surface area contributed by atoms with Crippen LogP contribution in [0.15, 0.2) is 35.6 Å². The molecule has 0 atom stereocenters. The number of fused-ring (bicyclic) bond motifs is 1. The van der Waals surface area contributed by atoms with Crippen molar-refractivity contribution in [3.8, 4) is 0 Å². The molecule has 3 N–H and O–H groups in total. The van der Waals surface area contributed by atoms with E-state index < -0.39 is 0 Å². The summed E-state index contributed by atoms with van der Waals surface area (Å²) < 4.78 is 2.01. The topological polar surface area (TPSA) is 67.7 Å². The lowest BCUT2D eigenvalue weighted by atomic mass is 10.1. The van der Waals surface area contributed by atoms with E-state index in [4.69, 9.17) is 5.73 Å². The highest BCUT2D eigenvalue weighted by atomic mass is 127. The summed E-state index contributed by atoms with van der Waals surface area (Å²) in [6.07, 6.45) is 4.80. The summed E-state index contributed by atoms with van der Waals surface area (Å²) in [6.45, 7) is 6.80. The number of nitrogens with zero attached hydrogens (tertiary/aromatic N) is 3. The highest BCUT2D eigenvalue weighted by Crippen LogP contribution is 2.05. The molecule has 2 rings (SSSR count). The zero-order valence-corrected chi connectivity index (χ0v) is 14.5. The van der Waals surface area contributed by atoms with E-state index in [0.717, 1.165) is 17.8 Å². The van der Waals surface area contributed by atoms with Crippen LogP contribution in [0.25, 0.3) is 5.65 Å². The Morgan fingerprint density at radius 3 is 2.80 bits per heavy atom. The second-order valence-electron chi connectivity index (χ2n) is 5.59. The first-order chi connectivity index (χ1) is 8.94. The largest absolute Gasteiger partial charge is 0.370 e. The van der Waals surface area contributed by atoms with Crippen molar-refractivity contribution in [1.29, 1.82) is 0 Å². The maximum atomic E-state index is 5.81. The first kappa shape index (κ1) is 16.7. The highest BCUT2D eigenvalue weighted by Gasteiger charge is 2.09. The Hall–Kier alpha value is -1.31. The van der Waals surface area contributed by atoms with Crippen molar-refractivity contribution in [2.45, 2.75) is 32.7 Å². The number of aromatic nitrogens is 2. The predicted octanol–water partition coefficient (Wildman–Crippen LogP) is 2.20. The van der Waals surface area contributed by atoms with Gasteiger partial charge in [-0.1, -0.05) is 6.07 Å². The van der Waals surface area contributed by atoms with Crippen molar-refractivity contribution >= 4 is 35.6 Å². The highest BCUT2D eigenvalue weighted by molar-refractivity contribution is 14.0. The summed E-state index contributed by atoms with van der Waals surface area (Å²) >= 11 is 0. The molecular formula is C14H22IN5. The fourth-order valence-corrected chi connectivity index (χ4v) is 1.82. The van der Waals surface area contributed by atoms with Crippen molar-refractivity contribution in [2.24, 2.45) is 10.7 Å². The Labute approximate surface area is 136 Å². The van der Waals surface area contributed by atoms with Crippen LogP contribution in [0.3, 0.4) is 0 Å². The molecule has 2 heterocycles. The fourth-order valence-electron chi connectivity index (χ4n) is 1.82. The number of imidazole rings is 1. The Kier molecular flexibility index (Phi) is 5.79. The number of nitrogens with two attached hydrogens (primary N) is 1. The van der Waals surface area contributed by atoms with Gasteiger partial charge in [0.1, 0.15) is 5.65 Å². The molecule has 5 nitrogen and oxygen atoms in total. The van der Waals surface area contributed by atoms with Gasteiger partial charge in [-0.2, -0.15) is 0 Å². The van der Waals surface area contributed by atoms with Crippen LogP contribution in [0.2, 0.25) is 0 Å². The second kappa shape index (κ2) is 6.92. The van der Waals surface area contributed by atoms with E-state index in [1.807, 2.05) is 35.0 Å². The van der Waals surface area contributed by atoms with Crippen molar-refractivity contribution in [2.75, 3.05) is 6.54 Å². The average Bonchev–Trinajstić information content (AvgIpc) is 2.68. The molecular weight excluding hydrogens is 365 g/mol. The van der Waals surface area contributed by atoms with Crippen molar-refractivity contribution in [3.05, 3.63) is 36.3 Å². The SMILES string of the molecule is CC(C)(C)NC(N)=NCCc1cn2ccccc2n1.I. The van der Waals surface area contributed by atoms with Crippen molar-refractivity contribution in [3.63, 3.8) is 0 Å². The third kappa shape index (κ3) is 4.99. The summed E-state index contributed by atoms with van der Waals surface area (Å²) in [4.78, 5) is 8.83. The van der Waals surface area contributed by atoms with E-state index in [1.54, 1.807) is 0 Å². The predicted molar refractivity (Wildman–Crippen MR) is 93.7 cm³/mol. The van der Waals surface area contributed by atoms with E-state index in [0.29, 0.717) is 12.5 Å². The molecule has 0 saturated heterocycles. The van der Waals surface area contributed by atoms with Crippen molar-refractivity contribution < 1.29 is 0 Å². The number of rotatable bonds is 3. The van der Waals surface area contributed by atoms with Crippen LogP contribution in [-0.4, -0.2) is 27.4 Å². The van der Waals surface area contributed by atoms with Gasteiger partial charge >= 0.3 is 0 Å². The lowest BCUT2D eigenvalue weighted by Gasteiger charge is -2.20. The Balaban J connectivity index is 0.00000200. The van der Waals surface area contributed by atoms with Crippen LogP contribution in [0, 0.1) is 0 Å². The summed E-state index contributed by atoms with van der Waals surface area (Å²) in [7, 11) is 0. The minimum Gasteiger partial charge on any atom is -0.370 e. The minimum atomic E-state index is -0.0589. The molecule has 0 aliphatic heterocycles. The van der Waals surface area contributed by atoms with Crippen LogP contribution < -0.4 is 11.1 Å². The third-order valence-electron chi connectivity index (χ3n) is 2.57. The standard InChI is InChI=1S/C14H21N5.HI/c1-14(2,3)18-13(15)16-8-7-11-10-19-9-5-4-6-12(19)17-11;/h4-6,9-10H,7-8H2,1-3H3,(H3,15,16,18);1H. The summed E-state index contributed by atoms with van der Waals surface area (Å²) in [5, 5.41) is 3.13. The first-order valence-corrected chi connectivity index (χ1v) is 6.45. The fraction of sp³-hybridized carbons (Fsp3) is 0.429. The molecule has 2 aromatic heterocycles. The van der Waals surface area contributed by atoms with Crippen LogP contribution in [-0.2, 0) is 6.42 Å². The van der Waals surface area contributed by atoms with E-state index in [2.05, 4.69) is 36.1 Å². The maximum Gasteiger partial charge on any atom is 0.188 e. The molecule has 0 unspecified atom stereocenters.